The standard InChI is InChI=1S/C19H22N6OS/c20-12-15-14-4-1-2-5-16(14)27-18(15)23-17(26)13-24-8-10-25(11-9-24)19-21-6-3-7-22-19/h3,6-7H,1-2,4-5,8-11,13H2,(H,23,26). The molecule has 0 saturated carbocycles. The molecular weight excluding hydrogens is 360 g/mol. The highest BCUT2D eigenvalue weighted by Crippen LogP contribution is 2.37. The van der Waals surface area contributed by atoms with Gasteiger partial charge in [0.1, 0.15) is 11.1 Å². The number of fused-ring (bicyclic) bond motifs is 1. The van der Waals surface area contributed by atoms with E-state index in [1.807, 2.05) is 6.07 Å². The number of nitrogens with zero attached hydrogens (tertiary/aromatic N) is 5. The summed E-state index contributed by atoms with van der Waals surface area (Å²) in [7, 11) is 0. The maximum Gasteiger partial charge on any atom is 0.239 e. The fourth-order valence-electron chi connectivity index (χ4n) is 3.70. The minimum Gasteiger partial charge on any atom is -0.338 e. The first-order valence-corrected chi connectivity index (χ1v) is 10.1. The van der Waals surface area contributed by atoms with Crippen molar-refractivity contribution in [2.45, 2.75) is 25.7 Å². The molecule has 27 heavy (non-hydrogen) atoms. The van der Waals surface area contributed by atoms with Crippen molar-refractivity contribution < 1.29 is 4.79 Å². The lowest BCUT2D eigenvalue weighted by molar-refractivity contribution is -0.117. The van der Waals surface area contributed by atoms with Crippen molar-refractivity contribution in [3.8, 4) is 6.07 Å². The normalized spacial score (nSPS) is 17.2. The lowest BCUT2D eigenvalue weighted by atomic mass is 9.96. The van der Waals surface area contributed by atoms with Crippen LogP contribution in [0.25, 0.3) is 0 Å². The molecule has 2 aromatic heterocycles. The second-order valence-corrected chi connectivity index (χ2v) is 7.99. The topological polar surface area (TPSA) is 85.2 Å². The molecular formula is C19H22N6OS. The molecule has 0 radical (unpaired) electrons. The van der Waals surface area contributed by atoms with Gasteiger partial charge < -0.3 is 10.2 Å². The summed E-state index contributed by atoms with van der Waals surface area (Å²) in [5.41, 5.74) is 1.83. The Balaban J connectivity index is 1.33. The van der Waals surface area contributed by atoms with Crippen molar-refractivity contribution in [3.05, 3.63) is 34.5 Å². The van der Waals surface area contributed by atoms with Gasteiger partial charge in [-0.1, -0.05) is 0 Å². The van der Waals surface area contributed by atoms with Gasteiger partial charge in [0.05, 0.1) is 12.1 Å². The number of anilines is 2. The molecule has 0 spiro atoms. The molecule has 8 heteroatoms. The molecule has 1 N–H and O–H groups in total. The molecule has 0 bridgehead atoms. The van der Waals surface area contributed by atoms with Crippen LogP contribution in [0.5, 0.6) is 0 Å². The van der Waals surface area contributed by atoms with Crippen LogP contribution in [0.2, 0.25) is 0 Å². The minimum absolute atomic E-state index is 0.0468. The monoisotopic (exact) mass is 382 g/mol. The van der Waals surface area contributed by atoms with Crippen molar-refractivity contribution in [3.63, 3.8) is 0 Å². The first kappa shape index (κ1) is 17.9. The number of aryl methyl sites for hydroxylation is 1. The van der Waals surface area contributed by atoms with Gasteiger partial charge in [-0.15, -0.1) is 11.3 Å². The zero-order chi connectivity index (χ0) is 18.6. The molecule has 4 rings (SSSR count). The number of amides is 1. The zero-order valence-electron chi connectivity index (χ0n) is 15.1. The summed E-state index contributed by atoms with van der Waals surface area (Å²) in [5, 5.41) is 13.2. The van der Waals surface area contributed by atoms with Crippen LogP contribution in [0.4, 0.5) is 10.9 Å². The van der Waals surface area contributed by atoms with E-state index in [1.165, 1.54) is 11.3 Å². The largest absolute Gasteiger partial charge is 0.338 e. The minimum atomic E-state index is -0.0468. The van der Waals surface area contributed by atoms with E-state index >= 15 is 0 Å². The maximum atomic E-state index is 12.5. The Morgan fingerprint density at radius 2 is 1.93 bits per heavy atom. The van der Waals surface area contributed by atoms with Crippen LogP contribution in [-0.4, -0.2) is 53.5 Å². The van der Waals surface area contributed by atoms with E-state index in [0.717, 1.165) is 62.0 Å². The van der Waals surface area contributed by atoms with Gasteiger partial charge in [0.25, 0.3) is 0 Å². The first-order chi connectivity index (χ1) is 13.2. The summed E-state index contributed by atoms with van der Waals surface area (Å²) in [4.78, 5) is 26.6. The van der Waals surface area contributed by atoms with Crippen LogP contribution in [0.15, 0.2) is 18.5 Å². The van der Waals surface area contributed by atoms with Gasteiger partial charge in [-0.25, -0.2) is 9.97 Å². The van der Waals surface area contributed by atoms with Crippen LogP contribution in [0.3, 0.4) is 0 Å². The lowest BCUT2D eigenvalue weighted by Gasteiger charge is -2.34. The van der Waals surface area contributed by atoms with Gasteiger partial charge in [-0.05, 0) is 37.3 Å². The molecule has 0 atom stereocenters. The summed E-state index contributed by atoms with van der Waals surface area (Å²) in [6.45, 7) is 3.52. The van der Waals surface area contributed by atoms with E-state index in [-0.39, 0.29) is 5.91 Å². The molecule has 1 saturated heterocycles. The van der Waals surface area contributed by atoms with Gasteiger partial charge in [-0.3, -0.25) is 9.69 Å². The van der Waals surface area contributed by atoms with Gasteiger partial charge in [-0.2, -0.15) is 5.26 Å². The maximum absolute atomic E-state index is 12.5. The van der Waals surface area contributed by atoms with Crippen molar-refractivity contribution in [2.75, 3.05) is 42.9 Å². The molecule has 1 fully saturated rings. The number of carbonyl (C=O) groups excluding carboxylic acids is 1. The highest BCUT2D eigenvalue weighted by molar-refractivity contribution is 7.16. The number of carbonyl (C=O) groups is 1. The van der Waals surface area contributed by atoms with Gasteiger partial charge >= 0.3 is 0 Å². The number of thiophene rings is 1. The van der Waals surface area contributed by atoms with Crippen LogP contribution in [0.1, 0.15) is 28.8 Å². The number of nitrogens with one attached hydrogen (secondary N) is 1. The summed E-state index contributed by atoms with van der Waals surface area (Å²) in [6.07, 6.45) is 7.76. The van der Waals surface area contributed by atoms with Crippen molar-refractivity contribution in [1.29, 1.82) is 5.26 Å². The fraction of sp³-hybridized carbons (Fsp3) is 0.474. The van der Waals surface area contributed by atoms with Crippen molar-refractivity contribution >= 4 is 28.2 Å². The van der Waals surface area contributed by atoms with Gasteiger partial charge in [0, 0.05) is 43.4 Å². The highest BCUT2D eigenvalue weighted by atomic mass is 32.1. The lowest BCUT2D eigenvalue weighted by Crippen LogP contribution is -2.49. The second kappa shape index (κ2) is 8.03. The van der Waals surface area contributed by atoms with Gasteiger partial charge in [0.2, 0.25) is 11.9 Å². The second-order valence-electron chi connectivity index (χ2n) is 6.89. The third-order valence-electron chi connectivity index (χ3n) is 5.11. The van der Waals surface area contributed by atoms with Crippen LogP contribution in [0, 0.1) is 11.3 Å². The molecule has 3 heterocycles. The average molecular weight is 382 g/mol. The van der Waals surface area contributed by atoms with E-state index in [4.69, 9.17) is 0 Å². The highest BCUT2D eigenvalue weighted by Gasteiger charge is 2.24. The number of rotatable bonds is 4. The predicted molar refractivity (Wildman–Crippen MR) is 105 cm³/mol. The van der Waals surface area contributed by atoms with Crippen LogP contribution in [-0.2, 0) is 17.6 Å². The molecule has 1 amide bonds. The molecule has 7 nitrogen and oxygen atoms in total. The Hall–Kier alpha value is -2.50. The Bertz CT molecular complexity index is 851. The predicted octanol–water partition coefficient (Wildman–Crippen LogP) is 2.05. The Kier molecular flexibility index (Phi) is 5.32. The number of hydrogen-bond acceptors (Lipinski definition) is 7. The third kappa shape index (κ3) is 3.94. The number of hydrogen-bond donors (Lipinski definition) is 1. The van der Waals surface area contributed by atoms with E-state index in [2.05, 4.69) is 31.2 Å². The molecule has 0 unspecified atom stereocenters. The number of nitriles is 1. The molecule has 140 valence electrons. The summed E-state index contributed by atoms with van der Waals surface area (Å²) < 4.78 is 0. The Labute approximate surface area is 162 Å². The fourth-order valence-corrected chi connectivity index (χ4v) is 4.96. The van der Waals surface area contributed by atoms with E-state index in [0.29, 0.717) is 12.1 Å². The molecule has 2 aromatic rings. The number of aromatic nitrogens is 2. The van der Waals surface area contributed by atoms with Crippen LogP contribution < -0.4 is 10.2 Å². The third-order valence-corrected chi connectivity index (χ3v) is 6.32. The molecule has 1 aliphatic heterocycles. The van der Waals surface area contributed by atoms with E-state index in [1.54, 1.807) is 23.7 Å². The summed E-state index contributed by atoms with van der Waals surface area (Å²) in [5.74, 6) is 0.693. The molecule has 1 aliphatic carbocycles. The van der Waals surface area contributed by atoms with Crippen molar-refractivity contribution in [1.82, 2.24) is 14.9 Å². The summed E-state index contributed by atoms with van der Waals surface area (Å²) in [6, 6.07) is 4.11. The summed E-state index contributed by atoms with van der Waals surface area (Å²) >= 11 is 1.58. The van der Waals surface area contributed by atoms with Gasteiger partial charge in [0.15, 0.2) is 0 Å². The average Bonchev–Trinajstić information content (AvgIpc) is 3.06. The Morgan fingerprint density at radius 1 is 1.19 bits per heavy atom. The smallest absolute Gasteiger partial charge is 0.239 e. The zero-order valence-corrected chi connectivity index (χ0v) is 16.0. The van der Waals surface area contributed by atoms with Crippen molar-refractivity contribution in [2.24, 2.45) is 0 Å². The van der Waals surface area contributed by atoms with E-state index < -0.39 is 0 Å². The van der Waals surface area contributed by atoms with E-state index in [9.17, 15) is 10.1 Å². The molecule has 0 aromatic carbocycles. The molecule has 2 aliphatic rings. The quantitative estimate of drug-likeness (QED) is 0.871. The Morgan fingerprint density at radius 3 is 2.67 bits per heavy atom. The SMILES string of the molecule is N#Cc1c(NC(=O)CN2CCN(c3ncccn3)CC2)sc2c1CCCC2. The number of piperazine rings is 1. The first-order valence-electron chi connectivity index (χ1n) is 9.33. The van der Waals surface area contributed by atoms with Crippen LogP contribution >= 0.6 is 11.3 Å².